The number of amides is 1. The predicted octanol–water partition coefficient (Wildman–Crippen LogP) is 2.66. The lowest BCUT2D eigenvalue weighted by Gasteiger charge is -2.34. The van der Waals surface area contributed by atoms with E-state index in [-0.39, 0.29) is 36.8 Å². The first-order chi connectivity index (χ1) is 11.2. The number of halogens is 3. The summed E-state index contributed by atoms with van der Waals surface area (Å²) in [7, 11) is 0. The number of carbonyl (C=O) groups is 1. The van der Waals surface area contributed by atoms with Gasteiger partial charge in [-0.3, -0.25) is 9.69 Å². The van der Waals surface area contributed by atoms with Gasteiger partial charge in [0.15, 0.2) is 0 Å². The van der Waals surface area contributed by atoms with Gasteiger partial charge in [-0.1, -0.05) is 11.6 Å². The summed E-state index contributed by atoms with van der Waals surface area (Å²) in [5.41, 5.74) is 0. The second-order valence-electron chi connectivity index (χ2n) is 6.13. The van der Waals surface area contributed by atoms with Crippen LogP contribution in [-0.2, 0) is 16.1 Å². The molecule has 0 radical (unpaired) electrons. The first-order valence-electron chi connectivity index (χ1n) is 8.27. The molecule has 1 aromatic heterocycles. The van der Waals surface area contributed by atoms with E-state index in [0.29, 0.717) is 6.54 Å². The molecule has 2 aliphatic rings. The third kappa shape index (κ3) is 7.21. The molecule has 3 heterocycles. The largest absolute Gasteiger partial charge is 0.377 e. The van der Waals surface area contributed by atoms with E-state index in [4.69, 9.17) is 16.3 Å². The normalized spacial score (nSPS) is 20.8. The van der Waals surface area contributed by atoms with E-state index in [0.717, 1.165) is 63.1 Å². The monoisotopic (exact) mass is 429 g/mol. The Morgan fingerprint density at radius 1 is 1.28 bits per heavy atom. The van der Waals surface area contributed by atoms with Crippen molar-refractivity contribution in [2.45, 2.75) is 25.5 Å². The zero-order chi connectivity index (χ0) is 16.1. The van der Waals surface area contributed by atoms with E-state index < -0.39 is 0 Å². The van der Waals surface area contributed by atoms with Crippen molar-refractivity contribution in [1.29, 1.82) is 0 Å². The predicted molar refractivity (Wildman–Crippen MR) is 108 cm³/mol. The Labute approximate surface area is 170 Å². The van der Waals surface area contributed by atoms with Gasteiger partial charge in [0.2, 0.25) is 5.91 Å². The van der Waals surface area contributed by atoms with Gasteiger partial charge in [-0.05, 0) is 25.0 Å². The zero-order valence-electron chi connectivity index (χ0n) is 14.1. The number of ether oxygens (including phenoxy) is 1. The lowest BCUT2D eigenvalue weighted by molar-refractivity contribution is -0.132. The number of hydrogen-bond acceptors (Lipinski definition) is 5. The number of nitrogens with one attached hydrogen (secondary N) is 1. The molecule has 0 saturated carbocycles. The van der Waals surface area contributed by atoms with Gasteiger partial charge in [0, 0.05) is 50.8 Å². The van der Waals surface area contributed by atoms with Crippen LogP contribution >= 0.6 is 47.8 Å². The van der Waals surface area contributed by atoms with Gasteiger partial charge in [0.05, 0.1) is 17.0 Å². The number of carbonyl (C=O) groups excluding carboxylic acids is 1. The molecule has 2 aliphatic heterocycles. The number of hydrogen-bond donors (Lipinski definition) is 1. The van der Waals surface area contributed by atoms with E-state index >= 15 is 0 Å². The summed E-state index contributed by atoms with van der Waals surface area (Å²) in [5.74, 6) is 0.196. The van der Waals surface area contributed by atoms with Gasteiger partial charge in [0.1, 0.15) is 0 Å². The van der Waals surface area contributed by atoms with Crippen LogP contribution in [0.1, 0.15) is 17.7 Å². The van der Waals surface area contributed by atoms with Crippen LogP contribution in [0.25, 0.3) is 0 Å². The van der Waals surface area contributed by atoms with Crippen molar-refractivity contribution in [2.24, 2.45) is 0 Å². The van der Waals surface area contributed by atoms with Crippen LogP contribution < -0.4 is 5.32 Å². The highest BCUT2D eigenvalue weighted by Crippen LogP contribution is 2.23. The fourth-order valence-electron chi connectivity index (χ4n) is 3.07. The van der Waals surface area contributed by atoms with Crippen LogP contribution in [-0.4, -0.2) is 67.7 Å². The molecular weight excluding hydrogens is 405 g/mol. The van der Waals surface area contributed by atoms with Crippen LogP contribution in [0.2, 0.25) is 4.34 Å². The first kappa shape index (κ1) is 23.0. The summed E-state index contributed by atoms with van der Waals surface area (Å²) in [4.78, 5) is 17.9. The number of rotatable bonds is 6. The Kier molecular flexibility index (Phi) is 10.6. The highest BCUT2D eigenvalue weighted by atomic mass is 35.5. The summed E-state index contributed by atoms with van der Waals surface area (Å²) < 4.78 is 6.39. The lowest BCUT2D eigenvalue weighted by Crippen LogP contribution is -2.50. The second kappa shape index (κ2) is 11.6. The lowest BCUT2D eigenvalue weighted by atomic mass is 10.2. The van der Waals surface area contributed by atoms with Crippen molar-refractivity contribution in [1.82, 2.24) is 15.1 Å². The topological polar surface area (TPSA) is 44.8 Å². The minimum Gasteiger partial charge on any atom is -0.377 e. The Bertz CT molecular complexity index is 518. The van der Waals surface area contributed by atoms with E-state index in [1.54, 1.807) is 11.3 Å². The molecule has 25 heavy (non-hydrogen) atoms. The number of piperazine rings is 1. The average molecular weight is 431 g/mol. The molecule has 1 N–H and O–H groups in total. The van der Waals surface area contributed by atoms with Gasteiger partial charge < -0.3 is 15.0 Å². The van der Waals surface area contributed by atoms with Gasteiger partial charge in [-0.25, -0.2) is 0 Å². The zero-order valence-corrected chi connectivity index (χ0v) is 17.3. The Morgan fingerprint density at radius 3 is 2.64 bits per heavy atom. The van der Waals surface area contributed by atoms with Crippen molar-refractivity contribution in [3.05, 3.63) is 21.3 Å². The molecule has 0 aliphatic carbocycles. The number of nitrogens with zero attached hydrogens (tertiary/aromatic N) is 2. The van der Waals surface area contributed by atoms with Crippen molar-refractivity contribution in [2.75, 3.05) is 45.9 Å². The summed E-state index contributed by atoms with van der Waals surface area (Å²) in [6.45, 7) is 6.44. The van der Waals surface area contributed by atoms with Crippen LogP contribution in [0.3, 0.4) is 0 Å². The maximum absolute atomic E-state index is 12.2. The molecule has 1 atom stereocenters. The molecule has 0 bridgehead atoms. The smallest absolute Gasteiger partial charge is 0.236 e. The summed E-state index contributed by atoms with van der Waals surface area (Å²) in [5, 5.41) is 3.24. The molecule has 2 saturated heterocycles. The van der Waals surface area contributed by atoms with Crippen LogP contribution in [0.4, 0.5) is 0 Å². The molecule has 1 aromatic rings. The first-order valence-corrected chi connectivity index (χ1v) is 9.47. The minimum atomic E-state index is 0. The number of thiophene rings is 1. The SMILES string of the molecule is Cl.Cl.O=C(CNCC1CCCO1)N1CCN(Cc2ccc(Cl)s2)CC1. The molecular formula is C16H26Cl3N3O2S. The second-order valence-corrected chi connectivity index (χ2v) is 7.93. The summed E-state index contributed by atoms with van der Waals surface area (Å²) in [6, 6.07) is 4.03. The minimum absolute atomic E-state index is 0. The van der Waals surface area contributed by atoms with Crippen LogP contribution in [0, 0.1) is 0 Å². The van der Waals surface area contributed by atoms with Gasteiger partial charge >= 0.3 is 0 Å². The standard InChI is InChI=1S/C16H24ClN3O2S.2ClH/c17-15-4-3-14(23-15)12-19-5-7-20(8-6-19)16(21)11-18-10-13-2-1-9-22-13;;/h3-4,13,18H,1-2,5-12H2;2*1H. The van der Waals surface area contributed by atoms with E-state index in [1.807, 2.05) is 11.0 Å². The molecule has 5 nitrogen and oxygen atoms in total. The third-order valence-corrected chi connectivity index (χ3v) is 5.62. The van der Waals surface area contributed by atoms with E-state index in [1.165, 1.54) is 4.88 Å². The molecule has 9 heteroatoms. The molecule has 144 valence electrons. The molecule has 0 aromatic carbocycles. The molecule has 0 spiro atoms. The van der Waals surface area contributed by atoms with Crippen molar-refractivity contribution < 1.29 is 9.53 Å². The molecule has 2 fully saturated rings. The molecule has 3 rings (SSSR count). The van der Waals surface area contributed by atoms with Crippen LogP contribution in [0.5, 0.6) is 0 Å². The maximum Gasteiger partial charge on any atom is 0.236 e. The van der Waals surface area contributed by atoms with Gasteiger partial charge in [-0.2, -0.15) is 0 Å². The highest BCUT2D eigenvalue weighted by molar-refractivity contribution is 7.16. The van der Waals surface area contributed by atoms with E-state index in [9.17, 15) is 4.79 Å². The van der Waals surface area contributed by atoms with Gasteiger partial charge in [-0.15, -0.1) is 36.2 Å². The fraction of sp³-hybridized carbons (Fsp3) is 0.688. The van der Waals surface area contributed by atoms with Gasteiger partial charge in [0.25, 0.3) is 0 Å². The van der Waals surface area contributed by atoms with Crippen molar-refractivity contribution >= 4 is 53.7 Å². The highest BCUT2D eigenvalue weighted by Gasteiger charge is 2.22. The van der Waals surface area contributed by atoms with E-state index in [2.05, 4.69) is 16.3 Å². The molecule has 1 amide bonds. The molecule has 1 unspecified atom stereocenters. The third-order valence-electron chi connectivity index (χ3n) is 4.41. The Morgan fingerprint density at radius 2 is 2.04 bits per heavy atom. The van der Waals surface area contributed by atoms with Crippen LogP contribution in [0.15, 0.2) is 12.1 Å². The van der Waals surface area contributed by atoms with Crippen molar-refractivity contribution in [3.8, 4) is 0 Å². The quantitative estimate of drug-likeness (QED) is 0.753. The fourth-order valence-corrected chi connectivity index (χ4v) is 4.20. The Balaban J connectivity index is 0.00000156. The Hall–Kier alpha value is -0.0800. The summed E-state index contributed by atoms with van der Waals surface area (Å²) >= 11 is 7.60. The average Bonchev–Trinajstić information content (AvgIpc) is 3.20. The summed E-state index contributed by atoms with van der Waals surface area (Å²) in [6.07, 6.45) is 2.53. The van der Waals surface area contributed by atoms with Crippen molar-refractivity contribution in [3.63, 3.8) is 0 Å². The maximum atomic E-state index is 12.2.